The number of hydrazine groups is 1. The zero-order valence-corrected chi connectivity index (χ0v) is 6.80. The maximum atomic E-state index is 11.0. The molecule has 0 radical (unpaired) electrons. The second-order valence-corrected chi connectivity index (χ2v) is 2.87. The molecule has 1 rings (SSSR count). The molecular weight excluding hydrogens is 158 g/mol. The largest absolute Gasteiger partial charge is 0.344 e. The highest BCUT2D eigenvalue weighted by atomic mass is 16.2. The predicted octanol–water partition coefficient (Wildman–Crippen LogP) is -0.965. The lowest BCUT2D eigenvalue weighted by Crippen LogP contribution is -2.47. The Bertz CT molecular complexity index is 193. The highest BCUT2D eigenvalue weighted by Gasteiger charge is 2.21. The van der Waals surface area contributed by atoms with Gasteiger partial charge in [0, 0.05) is 6.42 Å². The summed E-state index contributed by atoms with van der Waals surface area (Å²) in [5.74, 6) is 4.57. The van der Waals surface area contributed by atoms with Crippen LogP contribution in [0.25, 0.3) is 0 Å². The topological polar surface area (TPSA) is 84.2 Å². The third kappa shape index (κ3) is 2.20. The van der Waals surface area contributed by atoms with Gasteiger partial charge < -0.3 is 5.32 Å². The molecule has 2 amide bonds. The number of carbonyl (C=O) groups excluding carboxylic acids is 2. The van der Waals surface area contributed by atoms with Crippen LogP contribution in [0.1, 0.15) is 25.7 Å². The van der Waals surface area contributed by atoms with Gasteiger partial charge in [-0.1, -0.05) is 6.42 Å². The molecular formula is C7H13N3O2. The summed E-state index contributed by atoms with van der Waals surface area (Å²) in [6.45, 7) is 0. The average molecular weight is 171 g/mol. The molecule has 1 atom stereocenters. The van der Waals surface area contributed by atoms with E-state index in [2.05, 4.69) is 5.32 Å². The van der Waals surface area contributed by atoms with Gasteiger partial charge in [-0.25, -0.2) is 5.84 Å². The third-order valence-electron chi connectivity index (χ3n) is 1.94. The van der Waals surface area contributed by atoms with Crippen molar-refractivity contribution in [3.63, 3.8) is 0 Å². The van der Waals surface area contributed by atoms with Crippen molar-refractivity contribution in [2.75, 3.05) is 0 Å². The number of nitrogens with one attached hydrogen (secondary N) is 2. The molecule has 68 valence electrons. The first-order valence-corrected chi connectivity index (χ1v) is 4.04. The monoisotopic (exact) mass is 171 g/mol. The van der Waals surface area contributed by atoms with Crippen LogP contribution in [0.5, 0.6) is 0 Å². The number of hydrogen-bond acceptors (Lipinski definition) is 3. The van der Waals surface area contributed by atoms with E-state index < -0.39 is 6.04 Å². The zero-order chi connectivity index (χ0) is 8.97. The molecule has 0 bridgehead atoms. The van der Waals surface area contributed by atoms with Crippen LogP contribution in [0.15, 0.2) is 0 Å². The Morgan fingerprint density at radius 1 is 1.58 bits per heavy atom. The fourth-order valence-corrected chi connectivity index (χ4v) is 1.27. The van der Waals surface area contributed by atoms with E-state index in [0.29, 0.717) is 12.8 Å². The molecule has 1 unspecified atom stereocenters. The van der Waals surface area contributed by atoms with Gasteiger partial charge in [-0.3, -0.25) is 15.0 Å². The molecule has 0 aromatic heterocycles. The smallest absolute Gasteiger partial charge is 0.256 e. The Labute approximate surface area is 70.7 Å². The van der Waals surface area contributed by atoms with Crippen molar-refractivity contribution < 1.29 is 9.59 Å². The molecule has 0 aromatic carbocycles. The van der Waals surface area contributed by atoms with E-state index in [4.69, 9.17) is 5.84 Å². The highest BCUT2D eigenvalue weighted by molar-refractivity contribution is 5.87. The first-order chi connectivity index (χ1) is 5.74. The summed E-state index contributed by atoms with van der Waals surface area (Å²) in [6, 6.07) is -0.440. The van der Waals surface area contributed by atoms with E-state index in [1.54, 1.807) is 0 Å². The molecule has 0 saturated carbocycles. The average Bonchev–Trinajstić information content (AvgIpc) is 2.28. The molecule has 5 nitrogen and oxygen atoms in total. The fraction of sp³-hybridized carbons (Fsp3) is 0.714. The minimum absolute atomic E-state index is 0.0684. The van der Waals surface area contributed by atoms with E-state index in [0.717, 1.165) is 12.8 Å². The van der Waals surface area contributed by atoms with Crippen molar-refractivity contribution in [1.82, 2.24) is 10.7 Å². The van der Waals surface area contributed by atoms with Crippen LogP contribution in [0.3, 0.4) is 0 Å². The molecule has 4 N–H and O–H groups in total. The van der Waals surface area contributed by atoms with Crippen LogP contribution in [-0.4, -0.2) is 17.9 Å². The Hall–Kier alpha value is -1.10. The molecule has 1 fully saturated rings. The molecule has 1 saturated heterocycles. The van der Waals surface area contributed by atoms with Gasteiger partial charge in [-0.05, 0) is 12.8 Å². The Kier molecular flexibility index (Phi) is 3.04. The first-order valence-electron chi connectivity index (χ1n) is 4.04. The second-order valence-electron chi connectivity index (χ2n) is 2.87. The standard InChI is InChI=1S/C7H13N3O2/c8-10-7(12)5-3-1-2-4-6(11)9-5/h5H,1-4,8H2,(H,9,11)(H,10,12). The molecule has 1 heterocycles. The molecule has 12 heavy (non-hydrogen) atoms. The quantitative estimate of drug-likeness (QED) is 0.270. The Morgan fingerprint density at radius 3 is 3.00 bits per heavy atom. The maximum Gasteiger partial charge on any atom is 0.256 e. The molecule has 5 heteroatoms. The summed E-state index contributed by atoms with van der Waals surface area (Å²) < 4.78 is 0. The van der Waals surface area contributed by atoms with Crippen LogP contribution in [0, 0.1) is 0 Å². The maximum absolute atomic E-state index is 11.0. The molecule has 0 spiro atoms. The van der Waals surface area contributed by atoms with Crippen molar-refractivity contribution in [2.45, 2.75) is 31.7 Å². The number of rotatable bonds is 1. The minimum atomic E-state index is -0.440. The van der Waals surface area contributed by atoms with Crippen LogP contribution in [0.2, 0.25) is 0 Å². The first kappa shape index (κ1) is 8.99. The fourth-order valence-electron chi connectivity index (χ4n) is 1.27. The van der Waals surface area contributed by atoms with Crippen molar-refractivity contribution >= 4 is 11.8 Å². The van der Waals surface area contributed by atoms with Gasteiger partial charge in [-0.2, -0.15) is 0 Å². The summed E-state index contributed by atoms with van der Waals surface area (Å²) >= 11 is 0. The number of hydrogen-bond donors (Lipinski definition) is 3. The van der Waals surface area contributed by atoms with E-state index in [9.17, 15) is 9.59 Å². The summed E-state index contributed by atoms with van der Waals surface area (Å²) in [4.78, 5) is 22.0. The van der Waals surface area contributed by atoms with Crippen molar-refractivity contribution in [2.24, 2.45) is 5.84 Å². The van der Waals surface area contributed by atoms with Gasteiger partial charge in [-0.15, -0.1) is 0 Å². The Morgan fingerprint density at radius 2 is 2.33 bits per heavy atom. The lowest BCUT2D eigenvalue weighted by atomic mass is 10.1. The normalized spacial score (nSPS) is 24.1. The van der Waals surface area contributed by atoms with Crippen molar-refractivity contribution in [3.8, 4) is 0 Å². The Balaban J connectivity index is 2.51. The highest BCUT2D eigenvalue weighted by Crippen LogP contribution is 2.08. The molecule has 1 aliphatic heterocycles. The van der Waals surface area contributed by atoms with E-state index >= 15 is 0 Å². The lowest BCUT2D eigenvalue weighted by Gasteiger charge is -2.12. The van der Waals surface area contributed by atoms with Gasteiger partial charge in [0.05, 0.1) is 0 Å². The summed E-state index contributed by atoms with van der Waals surface area (Å²) in [5, 5.41) is 2.60. The van der Waals surface area contributed by atoms with Crippen LogP contribution < -0.4 is 16.6 Å². The minimum Gasteiger partial charge on any atom is -0.344 e. The van der Waals surface area contributed by atoms with Gasteiger partial charge in [0.25, 0.3) is 5.91 Å². The second kappa shape index (κ2) is 4.06. The van der Waals surface area contributed by atoms with E-state index in [1.807, 2.05) is 5.43 Å². The van der Waals surface area contributed by atoms with E-state index in [-0.39, 0.29) is 11.8 Å². The number of carbonyl (C=O) groups is 2. The van der Waals surface area contributed by atoms with Crippen molar-refractivity contribution in [1.29, 1.82) is 0 Å². The van der Waals surface area contributed by atoms with Crippen LogP contribution in [0.4, 0.5) is 0 Å². The summed E-state index contributed by atoms with van der Waals surface area (Å²) in [6.07, 6.45) is 2.92. The lowest BCUT2D eigenvalue weighted by molar-refractivity contribution is -0.128. The van der Waals surface area contributed by atoms with Gasteiger partial charge >= 0.3 is 0 Å². The summed E-state index contributed by atoms with van der Waals surface area (Å²) in [7, 11) is 0. The van der Waals surface area contributed by atoms with Gasteiger partial charge in [0.15, 0.2) is 0 Å². The molecule has 1 aliphatic rings. The zero-order valence-electron chi connectivity index (χ0n) is 6.80. The van der Waals surface area contributed by atoms with Crippen LogP contribution in [-0.2, 0) is 9.59 Å². The van der Waals surface area contributed by atoms with Gasteiger partial charge in [0.1, 0.15) is 6.04 Å². The molecule has 0 aliphatic carbocycles. The van der Waals surface area contributed by atoms with Gasteiger partial charge in [0.2, 0.25) is 5.91 Å². The predicted molar refractivity (Wildman–Crippen MR) is 42.7 cm³/mol. The summed E-state index contributed by atoms with van der Waals surface area (Å²) in [5.41, 5.74) is 2.03. The van der Waals surface area contributed by atoms with Crippen molar-refractivity contribution in [3.05, 3.63) is 0 Å². The van der Waals surface area contributed by atoms with Crippen LogP contribution >= 0.6 is 0 Å². The molecule has 0 aromatic rings. The van der Waals surface area contributed by atoms with E-state index in [1.165, 1.54) is 0 Å². The third-order valence-corrected chi connectivity index (χ3v) is 1.94. The SMILES string of the molecule is NNC(=O)C1CCCCC(=O)N1. The number of nitrogens with two attached hydrogens (primary N) is 1. The number of amides is 2.